The molecule has 122 valence electrons. The predicted octanol–water partition coefficient (Wildman–Crippen LogP) is 4.29. The molecule has 1 heterocycles. The van der Waals surface area contributed by atoms with E-state index in [0.717, 1.165) is 12.3 Å². The van der Waals surface area contributed by atoms with E-state index in [0.29, 0.717) is 6.61 Å². The molecule has 1 atom stereocenters. The van der Waals surface area contributed by atoms with Gasteiger partial charge in [0.2, 0.25) is 0 Å². The molecule has 3 rings (SSSR count). The molecule has 0 saturated carbocycles. The number of benzene rings is 2. The third-order valence-corrected chi connectivity index (χ3v) is 6.64. The summed E-state index contributed by atoms with van der Waals surface area (Å²) in [7, 11) is -0.590. The number of hydrogen-bond donors (Lipinski definition) is 0. The van der Waals surface area contributed by atoms with Crippen molar-refractivity contribution in [2.45, 2.75) is 12.6 Å². The molecule has 0 N–H and O–H groups in total. The average Bonchev–Trinajstić information content (AvgIpc) is 2.67. The third kappa shape index (κ3) is 4.08. The van der Waals surface area contributed by atoms with Crippen LogP contribution in [0.25, 0.3) is 0 Å². The maximum absolute atomic E-state index is 5.85. The van der Waals surface area contributed by atoms with Crippen LogP contribution in [0.4, 0.5) is 0 Å². The molecule has 0 radical (unpaired) electrons. The van der Waals surface area contributed by atoms with Gasteiger partial charge in [-0.15, -0.1) is 0 Å². The molecule has 0 saturated heterocycles. The SMILES string of the molecule is CCOCC(c1ccccn1)P(c1ccccc1)c1ccccc1. The molecule has 1 unspecified atom stereocenters. The Morgan fingerprint density at radius 3 is 1.92 bits per heavy atom. The Labute approximate surface area is 145 Å². The Kier molecular flexibility index (Phi) is 6.12. The number of hydrogen-bond acceptors (Lipinski definition) is 2. The minimum atomic E-state index is -0.590. The monoisotopic (exact) mass is 335 g/mol. The van der Waals surface area contributed by atoms with Crippen molar-refractivity contribution in [3.8, 4) is 0 Å². The summed E-state index contributed by atoms with van der Waals surface area (Å²) in [5.74, 6) is 0. The predicted molar refractivity (Wildman–Crippen MR) is 103 cm³/mol. The largest absolute Gasteiger partial charge is 0.381 e. The summed E-state index contributed by atoms with van der Waals surface area (Å²) < 4.78 is 5.85. The van der Waals surface area contributed by atoms with Gasteiger partial charge in [-0.05, 0) is 37.6 Å². The van der Waals surface area contributed by atoms with Gasteiger partial charge in [0.25, 0.3) is 0 Å². The molecule has 24 heavy (non-hydrogen) atoms. The van der Waals surface area contributed by atoms with Crippen LogP contribution in [0.3, 0.4) is 0 Å². The van der Waals surface area contributed by atoms with E-state index in [9.17, 15) is 0 Å². The van der Waals surface area contributed by atoms with Crippen molar-refractivity contribution in [2.75, 3.05) is 13.2 Å². The molecule has 0 bridgehead atoms. The van der Waals surface area contributed by atoms with Gasteiger partial charge in [-0.2, -0.15) is 0 Å². The lowest BCUT2D eigenvalue weighted by Gasteiger charge is -2.28. The second kappa shape index (κ2) is 8.73. The van der Waals surface area contributed by atoms with Crippen LogP contribution < -0.4 is 10.6 Å². The van der Waals surface area contributed by atoms with Gasteiger partial charge in [-0.25, -0.2) is 0 Å². The normalized spacial score (nSPS) is 12.2. The first kappa shape index (κ1) is 16.8. The summed E-state index contributed by atoms with van der Waals surface area (Å²) in [5.41, 5.74) is 1.34. The van der Waals surface area contributed by atoms with Crippen LogP contribution in [0.2, 0.25) is 0 Å². The van der Waals surface area contributed by atoms with E-state index < -0.39 is 7.92 Å². The minimum Gasteiger partial charge on any atom is -0.381 e. The van der Waals surface area contributed by atoms with Crippen molar-refractivity contribution < 1.29 is 4.74 Å². The molecule has 2 aromatic carbocycles. The fraction of sp³-hybridized carbons (Fsp3) is 0.190. The minimum absolute atomic E-state index is 0.242. The van der Waals surface area contributed by atoms with Crippen molar-refractivity contribution in [3.63, 3.8) is 0 Å². The number of nitrogens with zero attached hydrogens (tertiary/aromatic N) is 1. The highest BCUT2D eigenvalue weighted by atomic mass is 31.1. The van der Waals surface area contributed by atoms with E-state index >= 15 is 0 Å². The topological polar surface area (TPSA) is 22.1 Å². The first-order chi connectivity index (χ1) is 11.9. The molecule has 3 aromatic rings. The third-order valence-electron chi connectivity index (χ3n) is 3.89. The zero-order valence-corrected chi connectivity index (χ0v) is 14.8. The fourth-order valence-corrected chi connectivity index (χ4v) is 5.46. The van der Waals surface area contributed by atoms with Crippen LogP contribution in [-0.4, -0.2) is 18.2 Å². The molecule has 0 aliphatic carbocycles. The van der Waals surface area contributed by atoms with Gasteiger partial charge >= 0.3 is 0 Å². The molecule has 0 fully saturated rings. The van der Waals surface area contributed by atoms with Gasteiger partial charge in [0.15, 0.2) is 0 Å². The van der Waals surface area contributed by atoms with Crippen LogP contribution in [-0.2, 0) is 4.74 Å². The highest BCUT2D eigenvalue weighted by molar-refractivity contribution is 7.73. The van der Waals surface area contributed by atoms with Crippen molar-refractivity contribution in [1.82, 2.24) is 4.98 Å². The first-order valence-corrected chi connectivity index (χ1v) is 9.69. The number of ether oxygens (including phenoxy) is 1. The molecule has 0 aliphatic rings. The average molecular weight is 335 g/mol. The molecule has 1 aromatic heterocycles. The quantitative estimate of drug-likeness (QED) is 0.601. The zero-order valence-electron chi connectivity index (χ0n) is 13.9. The highest BCUT2D eigenvalue weighted by Crippen LogP contribution is 2.48. The van der Waals surface area contributed by atoms with Gasteiger partial charge in [-0.3, -0.25) is 4.98 Å². The Morgan fingerprint density at radius 1 is 0.833 bits per heavy atom. The second-order valence-electron chi connectivity index (χ2n) is 5.47. The van der Waals surface area contributed by atoms with E-state index in [1.54, 1.807) is 0 Å². The number of aromatic nitrogens is 1. The van der Waals surface area contributed by atoms with E-state index in [1.807, 2.05) is 19.2 Å². The maximum atomic E-state index is 5.85. The van der Waals surface area contributed by atoms with Gasteiger partial charge in [0.05, 0.1) is 18.0 Å². The van der Waals surface area contributed by atoms with Crippen LogP contribution in [0.5, 0.6) is 0 Å². The van der Waals surface area contributed by atoms with Gasteiger partial charge in [0.1, 0.15) is 0 Å². The summed E-state index contributed by atoms with van der Waals surface area (Å²) in [6.45, 7) is 3.45. The smallest absolute Gasteiger partial charge is 0.0595 e. The van der Waals surface area contributed by atoms with Crippen molar-refractivity contribution in [2.24, 2.45) is 0 Å². The van der Waals surface area contributed by atoms with Gasteiger partial charge < -0.3 is 4.74 Å². The summed E-state index contributed by atoms with van der Waals surface area (Å²) >= 11 is 0. The lowest BCUT2D eigenvalue weighted by Crippen LogP contribution is -2.21. The Morgan fingerprint density at radius 2 is 1.42 bits per heavy atom. The highest BCUT2D eigenvalue weighted by Gasteiger charge is 2.27. The van der Waals surface area contributed by atoms with Crippen molar-refractivity contribution in [1.29, 1.82) is 0 Å². The van der Waals surface area contributed by atoms with Crippen LogP contribution in [0.15, 0.2) is 85.1 Å². The van der Waals surface area contributed by atoms with Crippen LogP contribution in [0, 0.1) is 0 Å². The molecule has 0 amide bonds. The first-order valence-electron chi connectivity index (χ1n) is 8.28. The van der Waals surface area contributed by atoms with E-state index in [2.05, 4.69) is 77.8 Å². The lowest BCUT2D eigenvalue weighted by atomic mass is 10.3. The van der Waals surface area contributed by atoms with E-state index in [4.69, 9.17) is 4.74 Å². The standard InChI is InChI=1S/C21H22NOP/c1-2-23-17-21(20-15-9-10-16-22-20)24(18-11-5-3-6-12-18)19-13-7-4-8-14-19/h3-16,21H,2,17H2,1H3. The summed E-state index contributed by atoms with van der Waals surface area (Å²) in [5, 5.41) is 2.71. The van der Waals surface area contributed by atoms with Crippen LogP contribution in [0.1, 0.15) is 18.3 Å². The van der Waals surface area contributed by atoms with Crippen molar-refractivity contribution >= 4 is 18.5 Å². The molecule has 0 aliphatic heterocycles. The summed E-state index contributed by atoms with van der Waals surface area (Å²) in [4.78, 5) is 4.64. The lowest BCUT2D eigenvalue weighted by molar-refractivity contribution is 0.147. The Bertz CT molecular complexity index is 679. The molecular weight excluding hydrogens is 313 g/mol. The van der Waals surface area contributed by atoms with Crippen molar-refractivity contribution in [3.05, 3.63) is 90.8 Å². The van der Waals surface area contributed by atoms with Gasteiger partial charge in [0, 0.05) is 12.8 Å². The van der Waals surface area contributed by atoms with Crippen LogP contribution >= 0.6 is 7.92 Å². The fourth-order valence-electron chi connectivity index (χ4n) is 2.78. The van der Waals surface area contributed by atoms with E-state index in [-0.39, 0.29) is 5.66 Å². The number of pyridine rings is 1. The Hall–Kier alpha value is -2.02. The van der Waals surface area contributed by atoms with Gasteiger partial charge in [-0.1, -0.05) is 66.7 Å². The molecular formula is C21H22NOP. The molecule has 2 nitrogen and oxygen atoms in total. The summed E-state index contributed by atoms with van der Waals surface area (Å²) in [6.07, 6.45) is 1.87. The second-order valence-corrected chi connectivity index (χ2v) is 7.87. The summed E-state index contributed by atoms with van der Waals surface area (Å²) in [6, 6.07) is 27.6. The van der Waals surface area contributed by atoms with E-state index in [1.165, 1.54) is 10.6 Å². The Balaban J connectivity index is 2.07. The maximum Gasteiger partial charge on any atom is 0.0595 e. The molecule has 3 heteroatoms. The zero-order chi connectivity index (χ0) is 16.6. The number of rotatable bonds is 7. The molecule has 0 spiro atoms.